The normalized spacial score (nSPS) is 11.1. The molecule has 2 N–H and O–H groups in total. The van der Waals surface area contributed by atoms with Gasteiger partial charge in [-0.15, -0.1) is 0 Å². The Hall–Kier alpha value is -3.35. The van der Waals surface area contributed by atoms with Crippen LogP contribution in [0.3, 0.4) is 0 Å². The fourth-order valence-electron chi connectivity index (χ4n) is 2.52. The van der Waals surface area contributed by atoms with Crippen LogP contribution in [0.2, 0.25) is 0 Å². The molecule has 6 heteroatoms. The highest BCUT2D eigenvalue weighted by molar-refractivity contribution is 6.58. The summed E-state index contributed by atoms with van der Waals surface area (Å²) in [4.78, 5) is 13.7. The minimum atomic E-state index is -1.52. The molecule has 0 spiro atoms. The fourth-order valence-corrected chi connectivity index (χ4v) is 2.52. The molecule has 0 aliphatic rings. The van der Waals surface area contributed by atoms with Gasteiger partial charge in [0, 0.05) is 16.7 Å². The molecule has 0 aliphatic heterocycles. The van der Waals surface area contributed by atoms with E-state index in [0.29, 0.717) is 22.9 Å². The predicted octanol–water partition coefficient (Wildman–Crippen LogP) is 2.64. The smallest absolute Gasteiger partial charge is 0.423 e. The van der Waals surface area contributed by atoms with Crippen LogP contribution < -0.4 is 5.46 Å². The molecule has 0 unspecified atom stereocenters. The van der Waals surface area contributed by atoms with Gasteiger partial charge in [0.2, 0.25) is 0 Å². The van der Waals surface area contributed by atoms with Gasteiger partial charge < -0.3 is 10.0 Å². The first-order valence-corrected chi connectivity index (χ1v) is 8.36. The minimum absolute atomic E-state index is 0.398. The molecule has 0 amide bonds. The molecule has 0 saturated carbocycles. The summed E-state index contributed by atoms with van der Waals surface area (Å²) in [5.41, 5.74) is 2.73. The molecule has 1 heterocycles. The Morgan fingerprint density at radius 3 is 1.93 bits per heavy atom. The lowest BCUT2D eigenvalue weighted by atomic mass is 9.80. The maximum Gasteiger partial charge on any atom is 0.488 e. The van der Waals surface area contributed by atoms with E-state index in [-0.39, 0.29) is 0 Å². The van der Waals surface area contributed by atoms with E-state index in [9.17, 15) is 10.0 Å². The topological polar surface area (TPSA) is 79.1 Å². The van der Waals surface area contributed by atoms with Crippen LogP contribution in [0.25, 0.3) is 28.3 Å². The Bertz CT molecular complexity index is 984. The van der Waals surface area contributed by atoms with Gasteiger partial charge in [-0.3, -0.25) is 0 Å². The van der Waals surface area contributed by atoms with Crippen molar-refractivity contribution in [1.29, 1.82) is 0 Å². The molecule has 0 bridgehead atoms. The molecule has 0 radical (unpaired) electrons. The molecule has 3 aromatic rings. The molecule has 0 atom stereocenters. The summed E-state index contributed by atoms with van der Waals surface area (Å²) in [6, 6.07) is 16.4. The van der Waals surface area contributed by atoms with Crippen LogP contribution in [-0.4, -0.2) is 32.1 Å². The van der Waals surface area contributed by atoms with Gasteiger partial charge in [0.05, 0.1) is 0 Å². The van der Waals surface area contributed by atoms with E-state index in [0.717, 1.165) is 16.7 Å². The number of nitrogens with zero attached hydrogens (tertiary/aromatic N) is 3. The third-order valence-corrected chi connectivity index (χ3v) is 3.91. The van der Waals surface area contributed by atoms with Gasteiger partial charge in [0.15, 0.2) is 17.5 Å². The van der Waals surface area contributed by atoms with Gasteiger partial charge in [-0.05, 0) is 5.46 Å². The molecular weight excluding hydrogens is 337 g/mol. The van der Waals surface area contributed by atoms with Crippen molar-refractivity contribution < 1.29 is 10.0 Å². The van der Waals surface area contributed by atoms with E-state index in [1.165, 1.54) is 0 Å². The van der Waals surface area contributed by atoms with Crippen LogP contribution in [0.15, 0.2) is 86.0 Å². The summed E-state index contributed by atoms with van der Waals surface area (Å²) in [6.07, 6.45) is 5.10. The van der Waals surface area contributed by atoms with Crippen molar-refractivity contribution in [3.63, 3.8) is 0 Å². The molecule has 0 aliphatic carbocycles. The number of rotatable bonds is 6. The summed E-state index contributed by atoms with van der Waals surface area (Å²) >= 11 is 0. The van der Waals surface area contributed by atoms with Crippen LogP contribution in [0.1, 0.15) is 5.82 Å². The molecular formula is C21H18BN3O2. The molecule has 132 valence electrons. The number of hydrogen-bond acceptors (Lipinski definition) is 5. The van der Waals surface area contributed by atoms with Crippen molar-refractivity contribution in [3.8, 4) is 22.8 Å². The van der Waals surface area contributed by atoms with E-state index in [4.69, 9.17) is 0 Å². The van der Waals surface area contributed by atoms with Crippen molar-refractivity contribution in [2.75, 3.05) is 0 Å². The highest BCUT2D eigenvalue weighted by Crippen LogP contribution is 2.22. The number of aromatic nitrogens is 3. The van der Waals surface area contributed by atoms with E-state index in [1.807, 2.05) is 30.3 Å². The van der Waals surface area contributed by atoms with Crippen molar-refractivity contribution >= 4 is 18.2 Å². The lowest BCUT2D eigenvalue weighted by molar-refractivity contribution is 0.426. The number of hydrogen-bond donors (Lipinski definition) is 2. The summed E-state index contributed by atoms with van der Waals surface area (Å²) in [7, 11) is -1.52. The van der Waals surface area contributed by atoms with Crippen LogP contribution in [0, 0.1) is 0 Å². The van der Waals surface area contributed by atoms with E-state index in [1.54, 1.807) is 42.5 Å². The van der Waals surface area contributed by atoms with Crippen molar-refractivity contribution in [2.24, 2.45) is 0 Å². The second-order valence-electron chi connectivity index (χ2n) is 5.73. The number of allylic oxidation sites excluding steroid dienone is 4. The van der Waals surface area contributed by atoms with Gasteiger partial charge >= 0.3 is 7.12 Å². The molecule has 0 fully saturated rings. The minimum Gasteiger partial charge on any atom is -0.423 e. The molecule has 1 aromatic heterocycles. The van der Waals surface area contributed by atoms with Crippen molar-refractivity contribution in [2.45, 2.75) is 0 Å². The lowest BCUT2D eigenvalue weighted by Gasteiger charge is -2.09. The fraction of sp³-hybridized carbons (Fsp3) is 0. The first-order valence-electron chi connectivity index (χ1n) is 8.36. The zero-order valence-corrected chi connectivity index (χ0v) is 14.7. The van der Waals surface area contributed by atoms with Gasteiger partial charge in [-0.1, -0.05) is 86.0 Å². The molecule has 27 heavy (non-hydrogen) atoms. The third-order valence-electron chi connectivity index (χ3n) is 3.91. The van der Waals surface area contributed by atoms with Gasteiger partial charge in [0.1, 0.15) is 0 Å². The zero-order valence-electron chi connectivity index (χ0n) is 14.7. The van der Waals surface area contributed by atoms with Gasteiger partial charge in [-0.2, -0.15) is 0 Å². The monoisotopic (exact) mass is 355 g/mol. The quantitative estimate of drug-likeness (QED) is 0.525. The Balaban J connectivity index is 2.16. The highest BCUT2D eigenvalue weighted by atomic mass is 16.4. The van der Waals surface area contributed by atoms with Gasteiger partial charge in [0.25, 0.3) is 0 Å². The maximum absolute atomic E-state index is 9.27. The Morgan fingerprint density at radius 2 is 1.41 bits per heavy atom. The SMILES string of the molecule is C=C/C=C(\C=C)c1nc(-c2ccccc2)nc(-c2ccc(B(O)O)cc2)n1. The number of benzene rings is 2. The lowest BCUT2D eigenvalue weighted by Crippen LogP contribution is -2.29. The Morgan fingerprint density at radius 1 is 0.815 bits per heavy atom. The van der Waals surface area contributed by atoms with E-state index < -0.39 is 7.12 Å². The molecule has 2 aromatic carbocycles. The maximum atomic E-state index is 9.27. The van der Waals surface area contributed by atoms with Crippen LogP contribution in [0.4, 0.5) is 0 Å². The average Bonchev–Trinajstić information content (AvgIpc) is 2.72. The third kappa shape index (κ3) is 4.26. The average molecular weight is 355 g/mol. The van der Waals surface area contributed by atoms with Crippen LogP contribution >= 0.6 is 0 Å². The highest BCUT2D eigenvalue weighted by Gasteiger charge is 2.14. The largest absolute Gasteiger partial charge is 0.488 e. The standard InChI is InChI=1S/C21H18BN3O2/c1-3-8-15(4-2)19-23-20(16-9-6-5-7-10-16)25-21(24-19)17-11-13-18(14-12-17)22(26)27/h3-14,26-27H,1-2H2/b15-8+. The van der Waals surface area contributed by atoms with Crippen LogP contribution in [0.5, 0.6) is 0 Å². The Kier molecular flexibility index (Phi) is 5.71. The second-order valence-corrected chi connectivity index (χ2v) is 5.73. The Labute approximate surface area is 158 Å². The van der Waals surface area contributed by atoms with Crippen LogP contribution in [-0.2, 0) is 0 Å². The summed E-state index contributed by atoms with van der Waals surface area (Å²) in [5, 5.41) is 18.5. The molecule has 0 saturated heterocycles. The van der Waals surface area contributed by atoms with Gasteiger partial charge in [-0.25, -0.2) is 15.0 Å². The predicted molar refractivity (Wildman–Crippen MR) is 109 cm³/mol. The summed E-state index contributed by atoms with van der Waals surface area (Å²) < 4.78 is 0. The molecule has 3 rings (SSSR count). The molecule has 5 nitrogen and oxygen atoms in total. The van der Waals surface area contributed by atoms with Crippen molar-refractivity contribution in [1.82, 2.24) is 15.0 Å². The summed E-state index contributed by atoms with van der Waals surface area (Å²) in [6.45, 7) is 7.54. The van der Waals surface area contributed by atoms with E-state index >= 15 is 0 Å². The summed E-state index contributed by atoms with van der Waals surface area (Å²) in [5.74, 6) is 1.51. The zero-order chi connectivity index (χ0) is 19.2. The second kappa shape index (κ2) is 8.36. The first-order chi connectivity index (χ1) is 13.1. The van der Waals surface area contributed by atoms with E-state index in [2.05, 4.69) is 28.1 Å². The van der Waals surface area contributed by atoms with Crippen molar-refractivity contribution in [3.05, 3.63) is 91.8 Å². The first kappa shape index (κ1) is 18.4.